The summed E-state index contributed by atoms with van der Waals surface area (Å²) in [6.07, 6.45) is 1.44. The number of pyridine rings is 1. The zero-order valence-electron chi connectivity index (χ0n) is 16.2. The van der Waals surface area contributed by atoms with Crippen LogP contribution in [0.25, 0.3) is 0 Å². The van der Waals surface area contributed by atoms with Gasteiger partial charge in [-0.15, -0.1) is 0 Å². The number of aryl methyl sites for hydroxylation is 1. The minimum atomic E-state index is -0.474. The molecule has 0 spiro atoms. The van der Waals surface area contributed by atoms with Crippen LogP contribution in [-0.4, -0.2) is 28.5 Å². The number of halogens is 1. The zero-order chi connectivity index (χ0) is 21.0. The van der Waals surface area contributed by atoms with Gasteiger partial charge < -0.3 is 19.8 Å². The number of aromatic amines is 1. The number of hydrogen-bond acceptors (Lipinski definition) is 5. The molecule has 2 aromatic heterocycles. The lowest BCUT2D eigenvalue weighted by Crippen LogP contribution is -2.15. The summed E-state index contributed by atoms with van der Waals surface area (Å²) in [6, 6.07) is 8.80. The van der Waals surface area contributed by atoms with Crippen LogP contribution in [0.3, 0.4) is 0 Å². The monoisotopic (exact) mass is 397 g/mol. The third-order valence-corrected chi connectivity index (χ3v) is 4.17. The second-order valence-corrected chi connectivity index (χ2v) is 6.23. The number of carbonyl (C=O) groups is 2. The summed E-state index contributed by atoms with van der Waals surface area (Å²) in [5.74, 6) is -0.0422. The summed E-state index contributed by atoms with van der Waals surface area (Å²) in [5.41, 5.74) is 1.68. The van der Waals surface area contributed by atoms with E-state index in [4.69, 9.17) is 9.47 Å². The van der Waals surface area contributed by atoms with Gasteiger partial charge in [0.1, 0.15) is 28.8 Å². The highest BCUT2D eigenvalue weighted by Gasteiger charge is 2.23. The van der Waals surface area contributed by atoms with Gasteiger partial charge in [0.05, 0.1) is 18.4 Å². The zero-order valence-corrected chi connectivity index (χ0v) is 16.2. The third kappa shape index (κ3) is 4.60. The molecule has 7 nitrogen and oxygen atoms in total. The topological polar surface area (TPSA) is 93.3 Å². The summed E-state index contributed by atoms with van der Waals surface area (Å²) >= 11 is 0. The van der Waals surface area contributed by atoms with Crippen LogP contribution in [0.2, 0.25) is 0 Å². The number of nitrogens with one attached hydrogen (secondary N) is 2. The Morgan fingerprint density at radius 3 is 2.41 bits per heavy atom. The highest BCUT2D eigenvalue weighted by Crippen LogP contribution is 2.23. The lowest BCUT2D eigenvalue weighted by molar-refractivity contribution is 0.0525. The first kappa shape index (κ1) is 20.1. The van der Waals surface area contributed by atoms with Crippen molar-refractivity contribution in [3.05, 3.63) is 70.9 Å². The van der Waals surface area contributed by atoms with Gasteiger partial charge in [-0.05, 0) is 62.7 Å². The van der Waals surface area contributed by atoms with Crippen LogP contribution in [-0.2, 0) is 4.74 Å². The molecule has 0 saturated carbocycles. The molecule has 0 fully saturated rings. The summed E-state index contributed by atoms with van der Waals surface area (Å²) in [4.78, 5) is 31.7. The number of hydrogen-bond donors (Lipinski definition) is 2. The van der Waals surface area contributed by atoms with Crippen LogP contribution in [0.15, 0.2) is 42.6 Å². The summed E-state index contributed by atoms with van der Waals surface area (Å²) in [6.45, 7) is 5.35. The van der Waals surface area contributed by atoms with Crippen LogP contribution in [0.4, 0.5) is 10.2 Å². The van der Waals surface area contributed by atoms with Gasteiger partial charge in [0, 0.05) is 5.69 Å². The number of H-pyrrole nitrogens is 1. The molecule has 2 heterocycles. The summed E-state index contributed by atoms with van der Waals surface area (Å²) < 4.78 is 23.5. The third-order valence-electron chi connectivity index (χ3n) is 4.17. The largest absolute Gasteiger partial charge is 0.462 e. The molecule has 0 bridgehead atoms. The van der Waals surface area contributed by atoms with E-state index in [0.29, 0.717) is 34.1 Å². The number of nitrogens with zero attached hydrogens (tertiary/aromatic N) is 1. The number of esters is 1. The van der Waals surface area contributed by atoms with E-state index in [1.54, 1.807) is 32.9 Å². The average molecular weight is 397 g/mol. The van der Waals surface area contributed by atoms with E-state index >= 15 is 0 Å². The van der Waals surface area contributed by atoms with Crippen molar-refractivity contribution in [2.24, 2.45) is 0 Å². The van der Waals surface area contributed by atoms with Crippen LogP contribution in [0.5, 0.6) is 11.5 Å². The van der Waals surface area contributed by atoms with Gasteiger partial charge in [-0.2, -0.15) is 0 Å². The number of anilines is 1. The molecule has 1 amide bonds. The van der Waals surface area contributed by atoms with E-state index in [9.17, 15) is 14.0 Å². The fourth-order valence-corrected chi connectivity index (χ4v) is 2.82. The smallest absolute Gasteiger partial charge is 0.340 e. The van der Waals surface area contributed by atoms with Gasteiger partial charge >= 0.3 is 5.97 Å². The van der Waals surface area contributed by atoms with Crippen molar-refractivity contribution < 1.29 is 23.5 Å². The van der Waals surface area contributed by atoms with E-state index < -0.39 is 11.9 Å². The molecule has 0 aliphatic rings. The molecule has 0 unspecified atom stereocenters. The van der Waals surface area contributed by atoms with Crippen molar-refractivity contribution in [3.8, 4) is 11.5 Å². The molecule has 1 aromatic carbocycles. The molecule has 0 aliphatic heterocycles. The van der Waals surface area contributed by atoms with E-state index in [1.165, 1.54) is 30.5 Å². The Balaban J connectivity index is 1.70. The highest BCUT2D eigenvalue weighted by atomic mass is 19.1. The number of ether oxygens (including phenoxy) is 2. The molecule has 0 aliphatic carbocycles. The van der Waals surface area contributed by atoms with E-state index in [2.05, 4.69) is 15.3 Å². The maximum Gasteiger partial charge on any atom is 0.340 e. The molecule has 150 valence electrons. The summed E-state index contributed by atoms with van der Waals surface area (Å²) in [7, 11) is 0. The van der Waals surface area contributed by atoms with Crippen molar-refractivity contribution >= 4 is 17.7 Å². The van der Waals surface area contributed by atoms with Gasteiger partial charge in [-0.3, -0.25) is 4.79 Å². The van der Waals surface area contributed by atoms with Gasteiger partial charge in [-0.1, -0.05) is 0 Å². The molecule has 3 aromatic rings. The molecule has 0 saturated heterocycles. The molecule has 8 heteroatoms. The standard InChI is InChI=1S/C21H20FN3O4/c1-4-28-21(27)18-12(2)19(24-13(18)3)20(26)25-17-10-9-16(11-23-17)29-15-7-5-14(22)6-8-15/h5-11,24H,4H2,1-3H3,(H,23,25,26). The molecular weight excluding hydrogens is 377 g/mol. The Kier molecular flexibility index (Phi) is 5.92. The van der Waals surface area contributed by atoms with Crippen molar-refractivity contribution in [3.63, 3.8) is 0 Å². The molecular formula is C21H20FN3O4. The molecule has 0 radical (unpaired) electrons. The number of amides is 1. The Labute approximate surface area is 166 Å². The average Bonchev–Trinajstić information content (AvgIpc) is 2.99. The number of benzene rings is 1. The molecule has 29 heavy (non-hydrogen) atoms. The minimum absolute atomic E-state index is 0.251. The van der Waals surface area contributed by atoms with Gasteiger partial charge in [0.25, 0.3) is 5.91 Å². The Hall–Kier alpha value is -3.68. The van der Waals surface area contributed by atoms with Crippen molar-refractivity contribution in [1.29, 1.82) is 0 Å². The van der Waals surface area contributed by atoms with Gasteiger partial charge in [0.2, 0.25) is 0 Å². The van der Waals surface area contributed by atoms with Crippen LogP contribution < -0.4 is 10.1 Å². The fraction of sp³-hybridized carbons (Fsp3) is 0.190. The number of aromatic nitrogens is 2. The van der Waals surface area contributed by atoms with Gasteiger partial charge in [-0.25, -0.2) is 14.2 Å². The van der Waals surface area contributed by atoms with E-state index in [0.717, 1.165) is 0 Å². The Bertz CT molecular complexity index is 1030. The fourth-order valence-electron chi connectivity index (χ4n) is 2.82. The molecule has 2 N–H and O–H groups in total. The molecule has 0 atom stereocenters. The van der Waals surface area contributed by atoms with Crippen molar-refractivity contribution in [1.82, 2.24) is 9.97 Å². The maximum absolute atomic E-state index is 12.9. The first-order valence-corrected chi connectivity index (χ1v) is 8.96. The quantitative estimate of drug-likeness (QED) is 0.602. The van der Waals surface area contributed by atoms with Crippen LogP contribution in [0, 0.1) is 19.7 Å². The van der Waals surface area contributed by atoms with Crippen molar-refractivity contribution in [2.75, 3.05) is 11.9 Å². The van der Waals surface area contributed by atoms with Crippen LogP contribution >= 0.6 is 0 Å². The molecule has 3 rings (SSSR count). The first-order valence-electron chi connectivity index (χ1n) is 8.96. The van der Waals surface area contributed by atoms with Crippen molar-refractivity contribution in [2.45, 2.75) is 20.8 Å². The number of carbonyl (C=O) groups excluding carboxylic acids is 2. The predicted octanol–water partition coefficient (Wildman–Crippen LogP) is 4.39. The normalized spacial score (nSPS) is 10.5. The minimum Gasteiger partial charge on any atom is -0.462 e. The second-order valence-electron chi connectivity index (χ2n) is 6.23. The lowest BCUT2D eigenvalue weighted by atomic mass is 10.1. The Morgan fingerprint density at radius 2 is 1.79 bits per heavy atom. The van der Waals surface area contributed by atoms with Gasteiger partial charge in [0.15, 0.2) is 0 Å². The second kappa shape index (κ2) is 8.55. The summed E-state index contributed by atoms with van der Waals surface area (Å²) in [5, 5.41) is 2.67. The predicted molar refractivity (Wildman–Crippen MR) is 105 cm³/mol. The van der Waals surface area contributed by atoms with E-state index in [1.807, 2.05) is 0 Å². The first-order chi connectivity index (χ1) is 13.9. The Morgan fingerprint density at radius 1 is 1.10 bits per heavy atom. The highest BCUT2D eigenvalue weighted by molar-refractivity contribution is 6.06. The number of rotatable bonds is 6. The lowest BCUT2D eigenvalue weighted by Gasteiger charge is -2.07. The van der Waals surface area contributed by atoms with Crippen LogP contribution in [0.1, 0.15) is 39.0 Å². The SMILES string of the molecule is CCOC(=O)c1c(C)[nH]c(C(=O)Nc2ccc(Oc3ccc(F)cc3)cn2)c1C. The maximum atomic E-state index is 12.9. The van der Waals surface area contributed by atoms with E-state index in [-0.39, 0.29) is 18.1 Å².